The third-order valence-corrected chi connectivity index (χ3v) is 7.68. The lowest BCUT2D eigenvalue weighted by molar-refractivity contribution is -0.914. The second-order valence-electron chi connectivity index (χ2n) is 7.56. The van der Waals surface area contributed by atoms with E-state index in [4.69, 9.17) is 8.85 Å². The highest BCUT2D eigenvalue weighted by Gasteiger charge is 2.29. The number of carbonyl (C=O) groups is 1. The molecule has 25 heavy (non-hydrogen) atoms. The van der Waals surface area contributed by atoms with Gasteiger partial charge in [-0.1, -0.05) is 0 Å². The molecule has 150 valence electrons. The van der Waals surface area contributed by atoms with Crippen LogP contribution in [-0.4, -0.2) is 100 Å². The third kappa shape index (κ3) is 10.3. The molecule has 0 spiro atoms. The average Bonchev–Trinajstić information content (AvgIpc) is 2.48. The molecule has 0 aromatic rings. The van der Waals surface area contributed by atoms with E-state index in [1.54, 1.807) is 35.0 Å². The molecule has 2 atom stereocenters. The Labute approximate surface area is 154 Å². The number of rotatable bonds is 13. The predicted molar refractivity (Wildman–Crippen MR) is 101 cm³/mol. The molecule has 0 aromatic heterocycles. The number of likely N-dealkylation sites (N-methyl/N-ethyl adjacent to an activating group) is 1. The van der Waals surface area contributed by atoms with E-state index >= 15 is 0 Å². The van der Waals surface area contributed by atoms with Crippen LogP contribution < -0.4 is 0 Å². The Bertz CT molecular complexity index is 379. The zero-order valence-corrected chi connectivity index (χ0v) is 18.1. The van der Waals surface area contributed by atoms with Crippen LogP contribution in [0.15, 0.2) is 0 Å². The van der Waals surface area contributed by atoms with Gasteiger partial charge in [0.25, 0.3) is 0 Å². The van der Waals surface area contributed by atoms with Gasteiger partial charge in [0, 0.05) is 27.7 Å². The second-order valence-corrected chi connectivity index (χ2v) is 11.1. The van der Waals surface area contributed by atoms with Gasteiger partial charge in [0.15, 0.2) is 0 Å². The van der Waals surface area contributed by atoms with E-state index in [2.05, 4.69) is 0 Å². The van der Waals surface area contributed by atoms with Crippen LogP contribution in [0, 0.1) is 0 Å². The Morgan fingerprint density at radius 1 is 1.12 bits per heavy atom. The molecule has 0 fully saturated rings. The number of hydrogen-bond donors (Lipinski definition) is 2. The van der Waals surface area contributed by atoms with Crippen LogP contribution in [0.25, 0.3) is 0 Å². The summed E-state index contributed by atoms with van der Waals surface area (Å²) in [6, 6.07) is 0.831. The summed E-state index contributed by atoms with van der Waals surface area (Å²) >= 11 is 0. The molecule has 2 N–H and O–H groups in total. The van der Waals surface area contributed by atoms with Crippen LogP contribution in [-0.2, 0) is 13.6 Å². The second kappa shape index (κ2) is 11.3. The maximum absolute atomic E-state index is 12.0. The number of amides is 1. The minimum atomic E-state index is -2.11. The maximum Gasteiger partial charge on any atom is 0.334 e. The van der Waals surface area contributed by atoms with E-state index in [0.717, 1.165) is 12.5 Å². The molecule has 1 amide bonds. The van der Waals surface area contributed by atoms with Crippen molar-refractivity contribution in [3.05, 3.63) is 0 Å². The van der Waals surface area contributed by atoms with Gasteiger partial charge < -0.3 is 28.4 Å². The van der Waals surface area contributed by atoms with Gasteiger partial charge in [-0.15, -0.1) is 0 Å². The molecule has 0 saturated carbocycles. The standard InChI is InChI=1S/C17H39N2O5Si/c1-15(20)13-19(4,14-16(2)21)11-10-18(17(3)22)9-8-12-25(7,23-5)24-6/h15-16,20-21H,8-14H2,1-7H3/q+1. The third-order valence-electron chi connectivity index (χ3n) is 4.69. The Morgan fingerprint density at radius 3 is 1.96 bits per heavy atom. The number of nitrogens with zero attached hydrogens (tertiary/aromatic N) is 2. The lowest BCUT2D eigenvalue weighted by Gasteiger charge is -2.38. The fourth-order valence-electron chi connectivity index (χ4n) is 3.20. The van der Waals surface area contributed by atoms with E-state index in [9.17, 15) is 15.0 Å². The van der Waals surface area contributed by atoms with Gasteiger partial charge in [0.2, 0.25) is 5.91 Å². The summed E-state index contributed by atoms with van der Waals surface area (Å²) in [5.74, 6) is 0.0406. The van der Waals surface area contributed by atoms with E-state index in [1.807, 2.05) is 18.5 Å². The quantitative estimate of drug-likeness (QED) is 0.365. The van der Waals surface area contributed by atoms with Gasteiger partial charge in [-0.05, 0) is 32.9 Å². The van der Waals surface area contributed by atoms with E-state index in [0.29, 0.717) is 37.2 Å². The first-order valence-corrected chi connectivity index (χ1v) is 11.5. The molecule has 0 bridgehead atoms. The zero-order valence-electron chi connectivity index (χ0n) is 17.1. The summed E-state index contributed by atoms with van der Waals surface area (Å²) in [5.41, 5.74) is 0. The molecule has 0 aliphatic rings. The largest absolute Gasteiger partial charge is 0.398 e. The summed E-state index contributed by atoms with van der Waals surface area (Å²) in [6.07, 6.45) is -0.0742. The number of hydrogen-bond acceptors (Lipinski definition) is 5. The number of quaternary nitrogens is 1. The van der Waals surface area contributed by atoms with Gasteiger partial charge in [0.05, 0.1) is 20.1 Å². The van der Waals surface area contributed by atoms with Crippen molar-refractivity contribution in [3.63, 3.8) is 0 Å². The highest BCUT2D eigenvalue weighted by Crippen LogP contribution is 2.15. The van der Waals surface area contributed by atoms with Crippen molar-refractivity contribution in [2.75, 3.05) is 54.0 Å². The lowest BCUT2D eigenvalue weighted by Crippen LogP contribution is -2.55. The highest BCUT2D eigenvalue weighted by atomic mass is 28.4. The van der Waals surface area contributed by atoms with Crippen molar-refractivity contribution in [2.45, 2.75) is 52.0 Å². The Kier molecular flexibility index (Phi) is 11.0. The highest BCUT2D eigenvalue weighted by molar-refractivity contribution is 6.65. The average molecular weight is 380 g/mol. The summed E-state index contributed by atoms with van der Waals surface area (Å²) in [4.78, 5) is 13.8. The molecule has 7 nitrogen and oxygen atoms in total. The van der Waals surface area contributed by atoms with E-state index < -0.39 is 20.8 Å². The van der Waals surface area contributed by atoms with E-state index in [1.165, 1.54) is 0 Å². The van der Waals surface area contributed by atoms with Crippen molar-refractivity contribution >= 4 is 14.5 Å². The first-order chi connectivity index (χ1) is 11.5. The van der Waals surface area contributed by atoms with Gasteiger partial charge in [-0.2, -0.15) is 0 Å². The fourth-order valence-corrected chi connectivity index (χ4v) is 4.58. The molecule has 2 unspecified atom stereocenters. The van der Waals surface area contributed by atoms with Crippen LogP contribution in [0.1, 0.15) is 27.2 Å². The Morgan fingerprint density at radius 2 is 1.60 bits per heavy atom. The molecule has 8 heteroatoms. The first kappa shape index (κ1) is 24.5. The van der Waals surface area contributed by atoms with Crippen molar-refractivity contribution in [2.24, 2.45) is 0 Å². The first-order valence-electron chi connectivity index (χ1n) is 9.02. The molecule has 0 rings (SSSR count). The number of aliphatic hydroxyl groups is 2. The van der Waals surface area contributed by atoms with Crippen LogP contribution in [0.4, 0.5) is 0 Å². The van der Waals surface area contributed by atoms with Gasteiger partial charge in [-0.3, -0.25) is 4.79 Å². The molecule has 0 saturated heterocycles. The van der Waals surface area contributed by atoms with Crippen LogP contribution in [0.2, 0.25) is 12.6 Å². The monoisotopic (exact) mass is 379 g/mol. The van der Waals surface area contributed by atoms with Crippen molar-refractivity contribution < 1.29 is 28.3 Å². The minimum absolute atomic E-state index is 0.0406. The minimum Gasteiger partial charge on any atom is -0.398 e. The van der Waals surface area contributed by atoms with Crippen LogP contribution in [0.5, 0.6) is 0 Å². The van der Waals surface area contributed by atoms with Crippen molar-refractivity contribution in [1.82, 2.24) is 4.90 Å². The van der Waals surface area contributed by atoms with E-state index in [-0.39, 0.29) is 5.91 Å². The SMILES string of the molecule is CO[Si](C)(CCCN(CC[N+](C)(CC(C)O)CC(C)O)C(C)=O)OC. The molecule has 0 aromatic carbocycles. The maximum atomic E-state index is 12.0. The van der Waals surface area contributed by atoms with Crippen LogP contribution >= 0.6 is 0 Å². The molecular weight excluding hydrogens is 340 g/mol. The summed E-state index contributed by atoms with van der Waals surface area (Å²) < 4.78 is 11.5. The predicted octanol–water partition coefficient (Wildman–Crippen LogP) is 0.798. The number of aliphatic hydroxyl groups excluding tert-OH is 2. The Hall–Kier alpha value is -0.513. The molecular formula is C17H39N2O5Si+. The van der Waals surface area contributed by atoms with Crippen molar-refractivity contribution in [1.29, 1.82) is 0 Å². The molecule has 0 aliphatic heterocycles. The zero-order chi connectivity index (χ0) is 19.7. The summed E-state index contributed by atoms with van der Waals surface area (Å²) in [7, 11) is 3.25. The smallest absolute Gasteiger partial charge is 0.334 e. The van der Waals surface area contributed by atoms with Crippen molar-refractivity contribution in [3.8, 4) is 0 Å². The lowest BCUT2D eigenvalue weighted by atomic mass is 10.2. The van der Waals surface area contributed by atoms with Gasteiger partial charge in [-0.25, -0.2) is 0 Å². The molecule has 0 aliphatic carbocycles. The number of carbonyl (C=O) groups excluding carboxylic acids is 1. The van der Waals surface area contributed by atoms with Crippen LogP contribution in [0.3, 0.4) is 0 Å². The topological polar surface area (TPSA) is 79.2 Å². The molecule has 0 radical (unpaired) electrons. The summed E-state index contributed by atoms with van der Waals surface area (Å²) in [5, 5.41) is 19.5. The summed E-state index contributed by atoms with van der Waals surface area (Å²) in [6.45, 7) is 10.2. The Balaban J connectivity index is 4.70. The fraction of sp³-hybridized carbons (Fsp3) is 0.941. The normalized spacial score (nSPS) is 17.0. The molecule has 0 heterocycles. The van der Waals surface area contributed by atoms with Gasteiger partial charge in [0.1, 0.15) is 25.3 Å². The van der Waals surface area contributed by atoms with Gasteiger partial charge >= 0.3 is 8.56 Å².